The topological polar surface area (TPSA) is 70.5 Å². The second-order valence-corrected chi connectivity index (χ2v) is 7.69. The van der Waals surface area contributed by atoms with Crippen LogP contribution in [0.1, 0.15) is 17.2 Å². The Morgan fingerprint density at radius 2 is 1.78 bits per heavy atom. The third-order valence-electron chi connectivity index (χ3n) is 4.30. The summed E-state index contributed by atoms with van der Waals surface area (Å²) >= 11 is 4.62. The van der Waals surface area contributed by atoms with Gasteiger partial charge in [0.1, 0.15) is 5.76 Å². The lowest BCUT2D eigenvalue weighted by atomic mass is 9.95. The summed E-state index contributed by atoms with van der Waals surface area (Å²) in [6.07, 6.45) is 1.58. The summed E-state index contributed by atoms with van der Waals surface area (Å²) in [6.45, 7) is 0. The molecule has 0 spiro atoms. The van der Waals surface area contributed by atoms with Crippen molar-refractivity contribution in [3.8, 4) is 0 Å². The number of aromatic nitrogens is 1. The molecule has 1 amide bonds. The molecule has 4 rings (SSSR count). The van der Waals surface area contributed by atoms with Gasteiger partial charge in [-0.05, 0) is 17.7 Å². The molecule has 1 aliphatic heterocycles. The van der Waals surface area contributed by atoms with E-state index in [1.165, 1.54) is 16.2 Å². The largest absolute Gasteiger partial charge is 0.507 e. The number of Topliss-reactive ketones (excluding diaryl/α,β-unsaturated/α-hetero) is 1. The third-order valence-corrected chi connectivity index (χ3v) is 5.60. The zero-order valence-corrected chi connectivity index (χ0v) is 16.3. The quantitative estimate of drug-likeness (QED) is 0.368. The van der Waals surface area contributed by atoms with Gasteiger partial charge in [-0.15, -0.1) is 11.3 Å². The molecular weight excluding hydrogens is 428 g/mol. The minimum absolute atomic E-state index is 0.0590. The number of carbonyl (C=O) groups is 2. The monoisotopic (exact) mass is 440 g/mol. The normalized spacial score (nSPS) is 18.9. The molecule has 5 nitrogen and oxygen atoms in total. The number of hydrogen-bond acceptors (Lipinski definition) is 5. The molecule has 0 bridgehead atoms. The van der Waals surface area contributed by atoms with Gasteiger partial charge in [0.15, 0.2) is 5.13 Å². The maximum atomic E-state index is 12.8. The first-order valence-electron chi connectivity index (χ1n) is 8.09. The Morgan fingerprint density at radius 3 is 2.41 bits per heavy atom. The van der Waals surface area contributed by atoms with Crippen LogP contribution in [0.3, 0.4) is 0 Å². The number of rotatable bonds is 3. The first kappa shape index (κ1) is 17.6. The van der Waals surface area contributed by atoms with Crippen LogP contribution in [0.15, 0.2) is 76.2 Å². The van der Waals surface area contributed by atoms with E-state index < -0.39 is 17.7 Å². The average Bonchev–Trinajstić information content (AvgIpc) is 3.30. The minimum atomic E-state index is -0.735. The molecule has 3 aromatic rings. The molecule has 1 fully saturated rings. The molecule has 1 N–H and O–H groups in total. The first-order valence-corrected chi connectivity index (χ1v) is 9.76. The van der Waals surface area contributed by atoms with Crippen molar-refractivity contribution in [2.24, 2.45) is 0 Å². The lowest BCUT2D eigenvalue weighted by molar-refractivity contribution is -0.132. The fraction of sp³-hybridized carbons (Fsp3) is 0.0500. The Kier molecular flexibility index (Phi) is 4.63. The van der Waals surface area contributed by atoms with Crippen LogP contribution in [0.25, 0.3) is 5.76 Å². The van der Waals surface area contributed by atoms with Gasteiger partial charge in [0.2, 0.25) is 0 Å². The van der Waals surface area contributed by atoms with Gasteiger partial charge in [0, 0.05) is 21.6 Å². The van der Waals surface area contributed by atoms with E-state index in [-0.39, 0.29) is 11.3 Å². The molecule has 0 radical (unpaired) electrons. The molecule has 0 saturated carbocycles. The zero-order chi connectivity index (χ0) is 19.0. The van der Waals surface area contributed by atoms with E-state index >= 15 is 0 Å². The standard InChI is InChI=1S/C20H13BrN2O3S/c21-14-8-6-13(7-9-14)17(24)15-16(12-4-2-1-3-5-12)23(19(26)18(15)25)20-22-10-11-27-20/h1-11,16,24H/b17-15+. The van der Waals surface area contributed by atoms with E-state index in [0.29, 0.717) is 10.7 Å². The highest BCUT2D eigenvalue weighted by Gasteiger charge is 2.47. The fourth-order valence-corrected chi connectivity index (χ4v) is 4.01. The third kappa shape index (κ3) is 3.09. The number of ketones is 1. The summed E-state index contributed by atoms with van der Waals surface area (Å²) in [4.78, 5) is 31.2. The van der Waals surface area contributed by atoms with Gasteiger partial charge in [0.25, 0.3) is 5.78 Å². The van der Waals surface area contributed by atoms with Crippen molar-refractivity contribution in [2.45, 2.75) is 6.04 Å². The first-order chi connectivity index (χ1) is 13.1. The molecule has 1 aromatic heterocycles. The molecule has 1 atom stereocenters. The van der Waals surface area contributed by atoms with Crippen molar-refractivity contribution in [1.29, 1.82) is 0 Å². The van der Waals surface area contributed by atoms with E-state index in [9.17, 15) is 14.7 Å². The molecule has 1 aliphatic rings. The van der Waals surface area contributed by atoms with Crippen LogP contribution >= 0.6 is 27.3 Å². The van der Waals surface area contributed by atoms with Gasteiger partial charge >= 0.3 is 5.91 Å². The second kappa shape index (κ2) is 7.09. The highest BCUT2D eigenvalue weighted by Crippen LogP contribution is 2.42. The number of halogens is 1. The van der Waals surface area contributed by atoms with Crippen molar-refractivity contribution in [3.63, 3.8) is 0 Å². The van der Waals surface area contributed by atoms with Gasteiger partial charge in [-0.1, -0.05) is 58.4 Å². The Morgan fingerprint density at radius 1 is 1.07 bits per heavy atom. The summed E-state index contributed by atoms with van der Waals surface area (Å²) in [6, 6.07) is 15.4. The van der Waals surface area contributed by atoms with Gasteiger partial charge in [0.05, 0.1) is 11.6 Å². The summed E-state index contributed by atoms with van der Waals surface area (Å²) in [5.41, 5.74) is 1.26. The van der Waals surface area contributed by atoms with Gasteiger partial charge in [-0.3, -0.25) is 14.5 Å². The van der Waals surface area contributed by atoms with Gasteiger partial charge < -0.3 is 5.11 Å². The summed E-state index contributed by atoms with van der Waals surface area (Å²) in [5.74, 6) is -1.62. The Hall–Kier alpha value is -2.77. The number of aliphatic hydroxyl groups excluding tert-OH is 1. The summed E-state index contributed by atoms with van der Waals surface area (Å²) < 4.78 is 0.849. The SMILES string of the molecule is O=C1C(=O)N(c2nccs2)C(c2ccccc2)/C1=C(\O)c1ccc(Br)cc1. The molecule has 0 aliphatic carbocycles. The molecule has 27 heavy (non-hydrogen) atoms. The van der Waals surface area contributed by atoms with E-state index in [4.69, 9.17) is 0 Å². The number of amides is 1. The predicted molar refractivity (Wildman–Crippen MR) is 107 cm³/mol. The summed E-state index contributed by atoms with van der Waals surface area (Å²) in [7, 11) is 0. The van der Waals surface area contributed by atoms with Crippen LogP contribution in [0.2, 0.25) is 0 Å². The number of anilines is 1. The van der Waals surface area contributed by atoms with Crippen molar-refractivity contribution < 1.29 is 14.7 Å². The molecular formula is C20H13BrN2O3S. The lowest BCUT2D eigenvalue weighted by Gasteiger charge is -2.22. The highest BCUT2D eigenvalue weighted by molar-refractivity contribution is 9.10. The highest BCUT2D eigenvalue weighted by atomic mass is 79.9. The number of nitrogens with zero attached hydrogens (tertiary/aromatic N) is 2. The van der Waals surface area contributed by atoms with Crippen LogP contribution in [-0.2, 0) is 9.59 Å². The number of carbonyl (C=O) groups excluding carboxylic acids is 2. The maximum absolute atomic E-state index is 12.8. The maximum Gasteiger partial charge on any atom is 0.301 e. The Balaban J connectivity index is 1.93. The van der Waals surface area contributed by atoms with Crippen molar-refractivity contribution >= 4 is 49.8 Å². The fourth-order valence-electron chi connectivity index (χ4n) is 3.08. The van der Waals surface area contributed by atoms with Crippen LogP contribution in [0.4, 0.5) is 5.13 Å². The van der Waals surface area contributed by atoms with E-state index in [2.05, 4.69) is 20.9 Å². The Labute approximate surface area is 167 Å². The minimum Gasteiger partial charge on any atom is -0.507 e. The van der Waals surface area contributed by atoms with Gasteiger partial charge in [-0.25, -0.2) is 4.98 Å². The van der Waals surface area contributed by atoms with Crippen LogP contribution in [0.5, 0.6) is 0 Å². The number of thiazole rings is 1. The van der Waals surface area contributed by atoms with Crippen molar-refractivity contribution in [3.05, 3.63) is 87.3 Å². The number of hydrogen-bond donors (Lipinski definition) is 1. The smallest absolute Gasteiger partial charge is 0.301 e. The second-order valence-electron chi connectivity index (χ2n) is 5.90. The van der Waals surface area contributed by atoms with E-state index in [1.807, 2.05) is 30.3 Å². The Bertz CT molecular complexity index is 1030. The lowest BCUT2D eigenvalue weighted by Crippen LogP contribution is -2.29. The van der Waals surface area contributed by atoms with Crippen LogP contribution in [0, 0.1) is 0 Å². The molecule has 1 unspecified atom stereocenters. The average molecular weight is 441 g/mol. The zero-order valence-electron chi connectivity index (χ0n) is 13.9. The number of benzene rings is 2. The number of aliphatic hydroxyl groups is 1. The van der Waals surface area contributed by atoms with E-state index in [1.54, 1.807) is 35.8 Å². The molecule has 2 heterocycles. The molecule has 1 saturated heterocycles. The predicted octanol–water partition coefficient (Wildman–Crippen LogP) is 4.53. The molecule has 134 valence electrons. The van der Waals surface area contributed by atoms with Crippen LogP contribution < -0.4 is 4.90 Å². The molecule has 2 aromatic carbocycles. The van der Waals surface area contributed by atoms with E-state index in [0.717, 1.165) is 10.0 Å². The van der Waals surface area contributed by atoms with Gasteiger partial charge in [-0.2, -0.15) is 0 Å². The molecule has 7 heteroatoms. The van der Waals surface area contributed by atoms with Crippen LogP contribution in [-0.4, -0.2) is 21.8 Å². The van der Waals surface area contributed by atoms with Crippen molar-refractivity contribution in [1.82, 2.24) is 4.98 Å². The summed E-state index contributed by atoms with van der Waals surface area (Å²) in [5, 5.41) is 13.1. The van der Waals surface area contributed by atoms with Crippen molar-refractivity contribution in [2.75, 3.05) is 4.90 Å².